The molecule has 4 heterocycles. The molecular weight excluding hydrogens is 392 g/mol. The van der Waals surface area contributed by atoms with Crippen LogP contribution in [0, 0.1) is 11.3 Å². The summed E-state index contributed by atoms with van der Waals surface area (Å²) in [4.78, 5) is 24.9. The molecule has 5 rings (SSSR count). The summed E-state index contributed by atoms with van der Waals surface area (Å²) in [6.07, 6.45) is 6.98. The first kappa shape index (κ1) is 18.6. The summed E-state index contributed by atoms with van der Waals surface area (Å²) in [7, 11) is 1.55. The normalized spacial score (nSPS) is 16.7. The second kappa shape index (κ2) is 7.46. The molecule has 1 aromatic carbocycles. The van der Waals surface area contributed by atoms with Crippen LogP contribution in [0.25, 0.3) is 11.1 Å². The van der Waals surface area contributed by atoms with E-state index in [-0.39, 0.29) is 18.6 Å². The maximum absolute atomic E-state index is 12.9. The third kappa shape index (κ3) is 3.13. The largest absolute Gasteiger partial charge is 0.481 e. The molecule has 0 bridgehead atoms. The number of benzene rings is 1. The van der Waals surface area contributed by atoms with Crippen molar-refractivity contribution < 1.29 is 9.53 Å². The smallest absolute Gasteiger partial charge is 0.327 e. The number of ether oxygens (including phenoxy) is 1. The maximum Gasteiger partial charge on any atom is 0.327 e. The van der Waals surface area contributed by atoms with Crippen LogP contribution in [0.5, 0.6) is 5.88 Å². The van der Waals surface area contributed by atoms with Crippen molar-refractivity contribution in [1.29, 1.82) is 5.26 Å². The minimum Gasteiger partial charge on any atom is -0.481 e. The lowest BCUT2D eigenvalue weighted by atomic mass is 9.93. The summed E-state index contributed by atoms with van der Waals surface area (Å²) in [5.41, 5.74) is 5.12. The molecule has 31 heavy (non-hydrogen) atoms. The highest BCUT2D eigenvalue weighted by Gasteiger charge is 2.42. The Labute approximate surface area is 179 Å². The maximum atomic E-state index is 12.9. The van der Waals surface area contributed by atoms with E-state index in [0.29, 0.717) is 17.3 Å². The molecule has 0 saturated carbocycles. The third-order valence-electron chi connectivity index (χ3n) is 5.39. The van der Waals surface area contributed by atoms with E-state index in [0.717, 1.165) is 22.4 Å². The molecule has 152 valence electrons. The monoisotopic (exact) mass is 410 g/mol. The quantitative estimate of drug-likeness (QED) is 0.661. The van der Waals surface area contributed by atoms with Gasteiger partial charge in [-0.15, -0.1) is 0 Å². The lowest BCUT2D eigenvalue weighted by molar-refractivity contribution is 0.252. The fourth-order valence-electron chi connectivity index (χ4n) is 4.01. The first-order valence-corrected chi connectivity index (χ1v) is 9.69. The van der Waals surface area contributed by atoms with Crippen molar-refractivity contribution in [2.45, 2.75) is 6.04 Å². The summed E-state index contributed by atoms with van der Waals surface area (Å²) in [6, 6.07) is 15.0. The molecule has 2 amide bonds. The Morgan fingerprint density at radius 1 is 1.19 bits per heavy atom. The molecule has 0 aliphatic carbocycles. The molecule has 1 unspecified atom stereocenters. The van der Waals surface area contributed by atoms with Gasteiger partial charge in [-0.2, -0.15) is 5.26 Å². The number of carbonyl (C=O) groups is 1. The van der Waals surface area contributed by atoms with Crippen molar-refractivity contribution >= 4 is 17.4 Å². The number of nitrogens with one attached hydrogen (secondary N) is 1. The van der Waals surface area contributed by atoms with E-state index in [2.05, 4.69) is 27.4 Å². The van der Waals surface area contributed by atoms with E-state index in [1.165, 1.54) is 0 Å². The summed E-state index contributed by atoms with van der Waals surface area (Å²) >= 11 is 0. The van der Waals surface area contributed by atoms with Crippen LogP contribution in [-0.2, 0) is 0 Å². The Balaban J connectivity index is 1.65. The third-order valence-corrected chi connectivity index (χ3v) is 5.39. The topological polar surface area (TPSA) is 94.4 Å². The Kier molecular flexibility index (Phi) is 4.49. The van der Waals surface area contributed by atoms with Gasteiger partial charge in [0.05, 0.1) is 30.8 Å². The number of nitrogens with zero attached hydrogens (tertiary/aromatic N) is 5. The summed E-state index contributed by atoms with van der Waals surface area (Å²) in [6.45, 7) is 0.176. The summed E-state index contributed by atoms with van der Waals surface area (Å²) < 4.78 is 5.14. The number of rotatable bonds is 4. The molecule has 2 aliphatic heterocycles. The van der Waals surface area contributed by atoms with Gasteiger partial charge in [0, 0.05) is 41.5 Å². The van der Waals surface area contributed by atoms with Crippen molar-refractivity contribution in [1.82, 2.24) is 15.3 Å². The second-order valence-electron chi connectivity index (χ2n) is 7.15. The molecule has 8 heteroatoms. The zero-order valence-electron chi connectivity index (χ0n) is 16.7. The molecule has 8 nitrogen and oxygen atoms in total. The van der Waals surface area contributed by atoms with Crippen LogP contribution in [0.1, 0.15) is 11.6 Å². The van der Waals surface area contributed by atoms with E-state index in [1.54, 1.807) is 42.7 Å². The van der Waals surface area contributed by atoms with Crippen molar-refractivity contribution in [3.8, 4) is 23.1 Å². The van der Waals surface area contributed by atoms with Gasteiger partial charge < -0.3 is 15.0 Å². The van der Waals surface area contributed by atoms with E-state index in [1.807, 2.05) is 35.4 Å². The first-order chi connectivity index (χ1) is 15.2. The number of hydrogen-bond acceptors (Lipinski definition) is 6. The van der Waals surface area contributed by atoms with Crippen molar-refractivity contribution in [2.75, 3.05) is 23.5 Å². The van der Waals surface area contributed by atoms with Crippen LogP contribution in [0.2, 0.25) is 0 Å². The first-order valence-electron chi connectivity index (χ1n) is 9.69. The number of aromatic nitrogens is 2. The number of urea groups is 1. The van der Waals surface area contributed by atoms with E-state index in [4.69, 9.17) is 4.74 Å². The predicted octanol–water partition coefficient (Wildman–Crippen LogP) is 3.61. The lowest BCUT2D eigenvalue weighted by Gasteiger charge is -2.33. The summed E-state index contributed by atoms with van der Waals surface area (Å²) in [5.74, 6) is 0.474. The van der Waals surface area contributed by atoms with Gasteiger partial charge in [0.15, 0.2) is 0 Å². The average molecular weight is 410 g/mol. The fraction of sp³-hybridized carbons (Fsp3) is 0.130. The minimum atomic E-state index is -0.357. The van der Waals surface area contributed by atoms with Crippen LogP contribution in [0.4, 0.5) is 16.2 Å². The van der Waals surface area contributed by atoms with Gasteiger partial charge in [0.25, 0.3) is 0 Å². The van der Waals surface area contributed by atoms with Crippen LogP contribution in [0.3, 0.4) is 0 Å². The highest BCUT2D eigenvalue weighted by Crippen LogP contribution is 2.45. The van der Waals surface area contributed by atoms with Gasteiger partial charge in [-0.3, -0.25) is 9.88 Å². The van der Waals surface area contributed by atoms with Crippen LogP contribution in [0.15, 0.2) is 73.0 Å². The number of nitriles is 1. The van der Waals surface area contributed by atoms with E-state index >= 15 is 0 Å². The molecule has 1 N–H and O–H groups in total. The number of anilines is 2. The minimum absolute atomic E-state index is 0.176. The molecule has 3 aromatic rings. The number of pyridine rings is 2. The van der Waals surface area contributed by atoms with Gasteiger partial charge in [-0.25, -0.2) is 9.78 Å². The SMILES string of the molecule is COc1ccc(N2C(=O)NC3=CN(CC#N)c4ccc(-c5cccnc5)cc4C32)cn1. The van der Waals surface area contributed by atoms with Gasteiger partial charge in [0.2, 0.25) is 5.88 Å². The number of carbonyl (C=O) groups excluding carboxylic acids is 1. The second-order valence-corrected chi connectivity index (χ2v) is 7.15. The van der Waals surface area contributed by atoms with Crippen LogP contribution in [-0.4, -0.2) is 29.7 Å². The van der Waals surface area contributed by atoms with Crippen molar-refractivity contribution in [2.24, 2.45) is 0 Å². The van der Waals surface area contributed by atoms with Gasteiger partial charge in [0.1, 0.15) is 12.6 Å². The molecular formula is C23H18N6O2. The predicted molar refractivity (Wildman–Crippen MR) is 115 cm³/mol. The molecule has 0 radical (unpaired) electrons. The molecule has 1 atom stereocenters. The Morgan fingerprint density at radius 3 is 2.81 bits per heavy atom. The van der Waals surface area contributed by atoms with Crippen LogP contribution >= 0.6 is 0 Å². The molecule has 2 aliphatic rings. The molecule has 0 spiro atoms. The van der Waals surface area contributed by atoms with Gasteiger partial charge in [-0.1, -0.05) is 12.1 Å². The number of hydrogen-bond donors (Lipinski definition) is 1. The molecule has 2 aromatic heterocycles. The Morgan fingerprint density at radius 2 is 2.10 bits per heavy atom. The van der Waals surface area contributed by atoms with Gasteiger partial charge in [-0.05, 0) is 29.8 Å². The fourth-order valence-corrected chi connectivity index (χ4v) is 4.01. The Bertz CT molecular complexity index is 1220. The highest BCUT2D eigenvalue weighted by molar-refractivity contribution is 5.99. The van der Waals surface area contributed by atoms with Crippen LogP contribution < -0.4 is 19.9 Å². The van der Waals surface area contributed by atoms with E-state index < -0.39 is 0 Å². The highest BCUT2D eigenvalue weighted by atomic mass is 16.5. The average Bonchev–Trinajstić information content (AvgIpc) is 3.15. The Hall–Kier alpha value is -4.38. The number of methoxy groups -OCH3 is 1. The molecule has 1 saturated heterocycles. The van der Waals surface area contributed by atoms with Gasteiger partial charge >= 0.3 is 6.03 Å². The number of amides is 2. The van der Waals surface area contributed by atoms with Crippen molar-refractivity contribution in [3.05, 3.63) is 78.5 Å². The lowest BCUT2D eigenvalue weighted by Crippen LogP contribution is -2.31. The summed E-state index contributed by atoms with van der Waals surface area (Å²) in [5, 5.41) is 12.2. The standard InChI is InChI=1S/C23H18N6O2/c1-31-21-7-5-17(13-26-21)29-22-18-11-15(16-3-2-9-25-12-16)4-6-20(18)28(10-8-24)14-19(22)27-23(29)30/h2-7,9,11-14,22H,10H2,1H3,(H,27,30). The zero-order valence-corrected chi connectivity index (χ0v) is 16.7. The zero-order chi connectivity index (χ0) is 21.4. The van der Waals surface area contributed by atoms with Crippen molar-refractivity contribution in [3.63, 3.8) is 0 Å². The van der Waals surface area contributed by atoms with E-state index in [9.17, 15) is 10.1 Å². The molecule has 1 fully saturated rings. The number of fused-ring (bicyclic) bond motifs is 3.